The Morgan fingerprint density at radius 1 is 1.23 bits per heavy atom. The summed E-state index contributed by atoms with van der Waals surface area (Å²) in [6.07, 6.45) is 4.11. The highest BCUT2D eigenvalue weighted by atomic mass is 16.4. The van der Waals surface area contributed by atoms with Gasteiger partial charge in [-0.05, 0) is 55.2 Å². The highest BCUT2D eigenvalue weighted by Gasteiger charge is 2.27. The summed E-state index contributed by atoms with van der Waals surface area (Å²) in [7, 11) is 0. The molecule has 1 fully saturated rings. The summed E-state index contributed by atoms with van der Waals surface area (Å²) in [5, 5.41) is 11.8. The standard InChI is InChI=1S/C18H25NO3/c1-12(2)14-6-8-15(9-7-14)18(22)19-16-5-3-4-13(10-16)11-17(20)21/h3-5,10,12,14-15H,6-9,11H2,1-2H3,(H,19,22)(H,20,21). The smallest absolute Gasteiger partial charge is 0.307 e. The van der Waals surface area contributed by atoms with Gasteiger partial charge in [0.15, 0.2) is 0 Å². The number of carbonyl (C=O) groups is 2. The predicted molar refractivity (Wildman–Crippen MR) is 86.7 cm³/mol. The molecule has 1 amide bonds. The second-order valence-corrected chi connectivity index (χ2v) is 6.62. The minimum absolute atomic E-state index is 0.0246. The first kappa shape index (κ1) is 16.5. The van der Waals surface area contributed by atoms with Gasteiger partial charge in [-0.2, -0.15) is 0 Å². The van der Waals surface area contributed by atoms with Crippen LogP contribution in [0.4, 0.5) is 5.69 Å². The van der Waals surface area contributed by atoms with E-state index in [4.69, 9.17) is 5.11 Å². The van der Waals surface area contributed by atoms with E-state index in [0.29, 0.717) is 17.2 Å². The number of benzene rings is 1. The van der Waals surface area contributed by atoms with Gasteiger partial charge in [0.1, 0.15) is 0 Å². The average molecular weight is 303 g/mol. The average Bonchev–Trinajstić information content (AvgIpc) is 2.47. The Bertz CT molecular complexity index is 531. The normalized spacial score (nSPS) is 21.6. The zero-order valence-electron chi connectivity index (χ0n) is 13.3. The number of nitrogens with one attached hydrogen (secondary N) is 1. The summed E-state index contributed by atoms with van der Waals surface area (Å²) in [6.45, 7) is 4.50. The molecule has 0 unspecified atom stereocenters. The summed E-state index contributed by atoms with van der Waals surface area (Å²) in [4.78, 5) is 23.1. The van der Waals surface area contributed by atoms with Crippen molar-refractivity contribution in [2.75, 3.05) is 5.32 Å². The zero-order chi connectivity index (χ0) is 16.1. The largest absolute Gasteiger partial charge is 0.481 e. The van der Waals surface area contributed by atoms with Crippen LogP contribution in [0.25, 0.3) is 0 Å². The van der Waals surface area contributed by atoms with Crippen LogP contribution in [-0.2, 0) is 16.0 Å². The van der Waals surface area contributed by atoms with Crippen molar-refractivity contribution in [3.05, 3.63) is 29.8 Å². The van der Waals surface area contributed by atoms with E-state index in [1.54, 1.807) is 18.2 Å². The van der Waals surface area contributed by atoms with Crippen molar-refractivity contribution >= 4 is 17.6 Å². The van der Waals surface area contributed by atoms with E-state index < -0.39 is 5.97 Å². The van der Waals surface area contributed by atoms with Crippen LogP contribution in [0.5, 0.6) is 0 Å². The van der Waals surface area contributed by atoms with Gasteiger partial charge in [0.2, 0.25) is 5.91 Å². The zero-order valence-corrected chi connectivity index (χ0v) is 13.3. The number of carboxylic acid groups (broad SMARTS) is 1. The lowest BCUT2D eigenvalue weighted by Crippen LogP contribution is -2.28. The van der Waals surface area contributed by atoms with Gasteiger partial charge in [0.05, 0.1) is 6.42 Å². The minimum Gasteiger partial charge on any atom is -0.481 e. The molecule has 0 aliphatic heterocycles. The van der Waals surface area contributed by atoms with Crippen LogP contribution in [0, 0.1) is 17.8 Å². The first-order valence-corrected chi connectivity index (χ1v) is 8.07. The Labute approximate surface area is 131 Å². The van der Waals surface area contributed by atoms with Gasteiger partial charge >= 0.3 is 5.97 Å². The molecule has 0 spiro atoms. The third-order valence-electron chi connectivity index (χ3n) is 4.64. The molecule has 0 bridgehead atoms. The van der Waals surface area contributed by atoms with Crippen molar-refractivity contribution in [3.63, 3.8) is 0 Å². The number of carboxylic acids is 1. The fourth-order valence-electron chi connectivity index (χ4n) is 3.23. The number of aliphatic carboxylic acids is 1. The Morgan fingerprint density at radius 2 is 1.91 bits per heavy atom. The molecule has 22 heavy (non-hydrogen) atoms. The molecule has 4 heteroatoms. The fraction of sp³-hybridized carbons (Fsp3) is 0.556. The van der Waals surface area contributed by atoms with Crippen molar-refractivity contribution < 1.29 is 14.7 Å². The minimum atomic E-state index is -0.865. The number of anilines is 1. The highest BCUT2D eigenvalue weighted by Crippen LogP contribution is 2.33. The summed E-state index contributed by atoms with van der Waals surface area (Å²) >= 11 is 0. The third-order valence-corrected chi connectivity index (χ3v) is 4.64. The Hall–Kier alpha value is -1.84. The topological polar surface area (TPSA) is 66.4 Å². The SMILES string of the molecule is CC(C)C1CCC(C(=O)Nc2cccc(CC(=O)O)c2)CC1. The molecule has 1 aliphatic rings. The maximum absolute atomic E-state index is 12.4. The van der Waals surface area contributed by atoms with Crippen molar-refractivity contribution in [1.82, 2.24) is 0 Å². The molecule has 0 radical (unpaired) electrons. The van der Waals surface area contributed by atoms with Gasteiger partial charge in [0, 0.05) is 11.6 Å². The molecule has 1 aliphatic carbocycles. The third kappa shape index (κ3) is 4.58. The molecule has 0 aromatic heterocycles. The predicted octanol–water partition coefficient (Wildman–Crippen LogP) is 3.71. The van der Waals surface area contributed by atoms with E-state index in [9.17, 15) is 9.59 Å². The summed E-state index contributed by atoms with van der Waals surface area (Å²) in [5.41, 5.74) is 1.39. The quantitative estimate of drug-likeness (QED) is 0.871. The van der Waals surface area contributed by atoms with E-state index in [1.807, 2.05) is 6.07 Å². The Kier molecular flexibility index (Phi) is 5.58. The van der Waals surface area contributed by atoms with Gasteiger partial charge in [-0.15, -0.1) is 0 Å². The summed E-state index contributed by atoms with van der Waals surface area (Å²) in [5.74, 6) is 0.711. The van der Waals surface area contributed by atoms with Crippen LogP contribution >= 0.6 is 0 Å². The van der Waals surface area contributed by atoms with Crippen molar-refractivity contribution in [2.24, 2.45) is 17.8 Å². The summed E-state index contributed by atoms with van der Waals surface area (Å²) < 4.78 is 0. The van der Waals surface area contributed by atoms with Crippen LogP contribution in [0.1, 0.15) is 45.1 Å². The molecule has 0 saturated heterocycles. The number of amides is 1. The van der Waals surface area contributed by atoms with Gasteiger partial charge in [-0.3, -0.25) is 9.59 Å². The van der Waals surface area contributed by atoms with E-state index in [0.717, 1.165) is 31.6 Å². The van der Waals surface area contributed by atoms with Crippen LogP contribution in [0.15, 0.2) is 24.3 Å². The lowest BCUT2D eigenvalue weighted by atomic mass is 9.76. The Morgan fingerprint density at radius 3 is 2.50 bits per heavy atom. The highest BCUT2D eigenvalue weighted by molar-refractivity contribution is 5.92. The molecule has 1 aromatic rings. The molecule has 0 heterocycles. The maximum Gasteiger partial charge on any atom is 0.307 e. The van der Waals surface area contributed by atoms with Gasteiger partial charge in [-0.25, -0.2) is 0 Å². The van der Waals surface area contributed by atoms with E-state index in [2.05, 4.69) is 19.2 Å². The molecule has 4 nitrogen and oxygen atoms in total. The second-order valence-electron chi connectivity index (χ2n) is 6.62. The number of hydrogen-bond acceptors (Lipinski definition) is 2. The van der Waals surface area contributed by atoms with Crippen LogP contribution < -0.4 is 5.32 Å². The van der Waals surface area contributed by atoms with E-state index >= 15 is 0 Å². The van der Waals surface area contributed by atoms with Crippen molar-refractivity contribution in [2.45, 2.75) is 46.0 Å². The lowest BCUT2D eigenvalue weighted by Gasteiger charge is -2.30. The molecule has 1 aromatic carbocycles. The van der Waals surface area contributed by atoms with Crippen molar-refractivity contribution in [1.29, 1.82) is 0 Å². The molecule has 120 valence electrons. The van der Waals surface area contributed by atoms with Crippen LogP contribution in [-0.4, -0.2) is 17.0 Å². The maximum atomic E-state index is 12.4. The lowest BCUT2D eigenvalue weighted by molar-refractivity contribution is -0.136. The first-order chi connectivity index (χ1) is 10.5. The molecule has 1 saturated carbocycles. The monoisotopic (exact) mass is 303 g/mol. The number of carbonyl (C=O) groups excluding carboxylic acids is 1. The van der Waals surface area contributed by atoms with Crippen LogP contribution in [0.3, 0.4) is 0 Å². The molecular weight excluding hydrogens is 278 g/mol. The fourth-order valence-corrected chi connectivity index (χ4v) is 3.23. The van der Waals surface area contributed by atoms with Gasteiger partial charge < -0.3 is 10.4 Å². The second kappa shape index (κ2) is 7.43. The van der Waals surface area contributed by atoms with Gasteiger partial charge in [-0.1, -0.05) is 26.0 Å². The first-order valence-electron chi connectivity index (χ1n) is 8.07. The molecule has 0 atom stereocenters. The van der Waals surface area contributed by atoms with Gasteiger partial charge in [0.25, 0.3) is 0 Å². The van der Waals surface area contributed by atoms with Crippen LogP contribution in [0.2, 0.25) is 0 Å². The van der Waals surface area contributed by atoms with Crippen molar-refractivity contribution in [3.8, 4) is 0 Å². The summed E-state index contributed by atoms with van der Waals surface area (Å²) in [6, 6.07) is 7.09. The number of hydrogen-bond donors (Lipinski definition) is 2. The van der Waals surface area contributed by atoms with E-state index in [-0.39, 0.29) is 18.2 Å². The number of rotatable bonds is 5. The van der Waals surface area contributed by atoms with E-state index in [1.165, 1.54) is 0 Å². The molecule has 2 rings (SSSR count). The molecule has 2 N–H and O–H groups in total. The molecular formula is C18H25NO3. The Balaban J connectivity index is 1.91.